The molecule has 208 valence electrons. The van der Waals surface area contributed by atoms with Crippen molar-refractivity contribution in [1.29, 1.82) is 5.26 Å². The number of fused-ring (bicyclic) bond motifs is 3. The van der Waals surface area contributed by atoms with Crippen molar-refractivity contribution in [2.45, 2.75) is 114 Å². The molecule has 1 unspecified atom stereocenters. The van der Waals surface area contributed by atoms with Crippen molar-refractivity contribution in [1.82, 2.24) is 10.6 Å². The molecule has 0 aliphatic carbocycles. The molecular formula is C24H37N3O10. The first-order valence-electron chi connectivity index (χ1n) is 12.4. The molecule has 4 aliphatic heterocycles. The Morgan fingerprint density at radius 2 is 1.73 bits per heavy atom. The molecule has 37 heavy (non-hydrogen) atoms. The van der Waals surface area contributed by atoms with Crippen LogP contribution in [0.3, 0.4) is 0 Å². The number of amides is 1. The van der Waals surface area contributed by atoms with Crippen LogP contribution in [-0.4, -0.2) is 108 Å². The molecule has 0 aromatic heterocycles. The van der Waals surface area contributed by atoms with Crippen molar-refractivity contribution in [3.63, 3.8) is 0 Å². The second-order valence-corrected chi connectivity index (χ2v) is 10.5. The molecule has 0 aromatic carbocycles. The highest BCUT2D eigenvalue weighted by Crippen LogP contribution is 2.44. The highest BCUT2D eigenvalue weighted by atomic mass is 16.9. The molecule has 0 spiro atoms. The van der Waals surface area contributed by atoms with Gasteiger partial charge in [-0.05, 0) is 27.7 Å². The standard InChI is InChI=1S/C24H37N3O10/c1-7-8-31-21-14(27-11(2)28)16(30)15(29)13(32-21)10-26-12(9-25)17-18-19(35-23(3,4)34-18)20-22(33-17)37-24(5,6)36-20/h7,12-22,26,29-30H,1,8,10H2,2-6H3,(H,27,28)/t12?,13-,14-,15-,16-,17-,18+,19+,20-,21+,22-/m1/s1. The smallest absolute Gasteiger partial charge is 0.217 e. The van der Waals surface area contributed by atoms with E-state index in [0.717, 1.165) is 0 Å². The summed E-state index contributed by atoms with van der Waals surface area (Å²) in [5.41, 5.74) is 0. The van der Waals surface area contributed by atoms with Crippen LogP contribution >= 0.6 is 0 Å². The molecule has 13 heteroatoms. The zero-order chi connectivity index (χ0) is 27.1. The van der Waals surface area contributed by atoms with Gasteiger partial charge in [-0.1, -0.05) is 6.08 Å². The number of nitrogens with one attached hydrogen (secondary N) is 2. The van der Waals surface area contributed by atoms with Crippen LogP contribution in [0.4, 0.5) is 0 Å². The zero-order valence-electron chi connectivity index (χ0n) is 21.7. The monoisotopic (exact) mass is 527 g/mol. The Kier molecular flexibility index (Phi) is 8.28. The molecule has 4 aliphatic rings. The summed E-state index contributed by atoms with van der Waals surface area (Å²) in [4.78, 5) is 11.6. The molecule has 4 heterocycles. The van der Waals surface area contributed by atoms with E-state index < -0.39 is 84.9 Å². The average Bonchev–Trinajstić information content (AvgIpc) is 3.31. The van der Waals surface area contributed by atoms with Gasteiger partial charge in [0, 0.05) is 13.5 Å². The molecule has 4 rings (SSSR count). The lowest BCUT2D eigenvalue weighted by Gasteiger charge is -2.43. The second kappa shape index (κ2) is 10.8. The van der Waals surface area contributed by atoms with Crippen molar-refractivity contribution in [3.8, 4) is 6.07 Å². The number of aliphatic hydroxyl groups is 2. The first-order chi connectivity index (χ1) is 17.4. The van der Waals surface area contributed by atoms with Gasteiger partial charge < -0.3 is 48.7 Å². The first kappa shape index (κ1) is 28.3. The Balaban J connectivity index is 1.47. The van der Waals surface area contributed by atoms with Crippen LogP contribution in [-0.2, 0) is 38.0 Å². The molecule has 13 nitrogen and oxygen atoms in total. The molecule has 0 bridgehead atoms. The molecule has 1 amide bonds. The summed E-state index contributed by atoms with van der Waals surface area (Å²) in [5, 5.41) is 37.1. The van der Waals surface area contributed by atoms with Gasteiger partial charge in [0.05, 0.1) is 12.7 Å². The van der Waals surface area contributed by atoms with Crippen LogP contribution in [0.15, 0.2) is 12.7 Å². The van der Waals surface area contributed by atoms with Crippen LogP contribution in [0.25, 0.3) is 0 Å². The van der Waals surface area contributed by atoms with Gasteiger partial charge in [0.1, 0.15) is 54.8 Å². The van der Waals surface area contributed by atoms with Crippen LogP contribution in [0.2, 0.25) is 0 Å². The van der Waals surface area contributed by atoms with E-state index >= 15 is 0 Å². The molecule has 0 saturated carbocycles. The summed E-state index contributed by atoms with van der Waals surface area (Å²) in [6.07, 6.45) is -6.58. The normalized spacial score (nSPS) is 42.8. The number of aliphatic hydroxyl groups excluding tert-OH is 2. The van der Waals surface area contributed by atoms with Gasteiger partial charge in [-0.25, -0.2) is 0 Å². The van der Waals surface area contributed by atoms with E-state index in [0.29, 0.717) is 0 Å². The van der Waals surface area contributed by atoms with E-state index in [1.165, 1.54) is 13.0 Å². The van der Waals surface area contributed by atoms with Crippen LogP contribution in [0.1, 0.15) is 34.6 Å². The predicted octanol–water partition coefficient (Wildman–Crippen LogP) is -0.981. The second-order valence-electron chi connectivity index (χ2n) is 10.5. The fourth-order valence-corrected chi connectivity index (χ4v) is 5.18. The summed E-state index contributed by atoms with van der Waals surface area (Å²) in [7, 11) is 0. The van der Waals surface area contributed by atoms with Crippen molar-refractivity contribution < 1.29 is 48.2 Å². The SMILES string of the molecule is C=CCO[C@H]1O[C@H](CNC(C#N)[C@H]2O[C@@H]3OC(C)(C)O[C@@H]3[C@H]3OC(C)(C)O[C@H]32)[C@@H](O)[C@H](O)[C@H]1NC(C)=O. The van der Waals surface area contributed by atoms with E-state index in [1.54, 1.807) is 27.7 Å². The fourth-order valence-electron chi connectivity index (χ4n) is 5.18. The van der Waals surface area contributed by atoms with E-state index in [4.69, 9.17) is 33.2 Å². The lowest BCUT2D eigenvalue weighted by atomic mass is 9.93. The third kappa shape index (κ3) is 5.99. The molecule has 11 atom stereocenters. The van der Waals surface area contributed by atoms with E-state index in [-0.39, 0.29) is 13.2 Å². The Labute approximate surface area is 215 Å². The molecule has 4 fully saturated rings. The summed E-state index contributed by atoms with van der Waals surface area (Å²) in [5.74, 6) is -2.25. The lowest BCUT2D eigenvalue weighted by Crippen LogP contribution is -2.66. The molecular weight excluding hydrogens is 490 g/mol. The lowest BCUT2D eigenvalue weighted by molar-refractivity contribution is -0.261. The maximum atomic E-state index is 11.6. The number of hydrogen-bond donors (Lipinski definition) is 4. The Hall–Kier alpha value is -1.70. The number of carbonyl (C=O) groups is 1. The topological polar surface area (TPSA) is 170 Å². The zero-order valence-corrected chi connectivity index (χ0v) is 21.7. The number of hydrogen-bond acceptors (Lipinski definition) is 12. The van der Waals surface area contributed by atoms with Gasteiger partial charge in [0.2, 0.25) is 5.91 Å². The van der Waals surface area contributed by atoms with Crippen molar-refractivity contribution in [3.05, 3.63) is 12.7 Å². The first-order valence-corrected chi connectivity index (χ1v) is 12.4. The largest absolute Gasteiger partial charge is 0.388 e. The quantitative estimate of drug-likeness (QED) is 0.285. The van der Waals surface area contributed by atoms with E-state index in [1.807, 2.05) is 0 Å². The summed E-state index contributed by atoms with van der Waals surface area (Å²) >= 11 is 0. The van der Waals surface area contributed by atoms with E-state index in [9.17, 15) is 20.3 Å². The van der Waals surface area contributed by atoms with Gasteiger partial charge in [0.15, 0.2) is 24.2 Å². The number of nitrogens with zero attached hydrogens (tertiary/aromatic N) is 1. The molecule has 0 radical (unpaired) electrons. The Bertz CT molecular complexity index is 894. The van der Waals surface area contributed by atoms with Crippen LogP contribution < -0.4 is 10.6 Å². The molecule has 0 aromatic rings. The van der Waals surface area contributed by atoms with Crippen LogP contribution in [0.5, 0.6) is 0 Å². The third-order valence-corrected chi connectivity index (χ3v) is 6.65. The summed E-state index contributed by atoms with van der Waals surface area (Å²) in [6.45, 7) is 12.0. The van der Waals surface area contributed by atoms with Gasteiger partial charge in [-0.15, -0.1) is 6.58 Å². The highest BCUT2D eigenvalue weighted by molar-refractivity contribution is 5.73. The number of carbonyl (C=O) groups excluding carboxylic acids is 1. The fraction of sp³-hybridized carbons (Fsp3) is 0.833. The molecule has 4 saturated heterocycles. The summed E-state index contributed by atoms with van der Waals surface area (Å²) in [6, 6.07) is 0.269. The van der Waals surface area contributed by atoms with Crippen molar-refractivity contribution >= 4 is 5.91 Å². The van der Waals surface area contributed by atoms with Gasteiger partial charge in [-0.2, -0.15) is 5.26 Å². The number of ether oxygens (including phenoxy) is 7. The van der Waals surface area contributed by atoms with Gasteiger partial charge >= 0.3 is 0 Å². The minimum atomic E-state index is -1.38. The highest BCUT2D eigenvalue weighted by Gasteiger charge is 2.62. The third-order valence-electron chi connectivity index (χ3n) is 6.65. The molecule has 4 N–H and O–H groups in total. The Morgan fingerprint density at radius 1 is 1.08 bits per heavy atom. The van der Waals surface area contributed by atoms with Gasteiger partial charge in [-0.3, -0.25) is 10.1 Å². The van der Waals surface area contributed by atoms with E-state index in [2.05, 4.69) is 23.3 Å². The Morgan fingerprint density at radius 3 is 2.38 bits per heavy atom. The predicted molar refractivity (Wildman–Crippen MR) is 124 cm³/mol. The maximum Gasteiger partial charge on any atom is 0.217 e. The van der Waals surface area contributed by atoms with Gasteiger partial charge in [0.25, 0.3) is 0 Å². The maximum absolute atomic E-state index is 11.6. The van der Waals surface area contributed by atoms with Crippen molar-refractivity contribution in [2.24, 2.45) is 0 Å². The van der Waals surface area contributed by atoms with Crippen molar-refractivity contribution in [2.75, 3.05) is 13.2 Å². The van der Waals surface area contributed by atoms with Crippen LogP contribution in [0, 0.1) is 11.3 Å². The minimum absolute atomic E-state index is 0.0460. The number of rotatable bonds is 8. The average molecular weight is 528 g/mol. The summed E-state index contributed by atoms with van der Waals surface area (Å²) < 4.78 is 41.7. The number of nitriles is 1. The minimum Gasteiger partial charge on any atom is -0.388 e.